The lowest BCUT2D eigenvalue weighted by molar-refractivity contribution is -0.140. The molecule has 36 heavy (non-hydrogen) atoms. The molecule has 3 rings (SSSR count). The highest BCUT2D eigenvalue weighted by atomic mass is 35.5. The van der Waals surface area contributed by atoms with Crippen LogP contribution in [-0.2, 0) is 29.0 Å². The largest absolute Gasteiger partial charge is 0.354 e. The predicted octanol–water partition coefficient (Wildman–Crippen LogP) is 6.71. The molecule has 3 aromatic rings. The molecule has 0 aliphatic carbocycles. The van der Waals surface area contributed by atoms with Crippen LogP contribution in [0.5, 0.6) is 0 Å². The maximum Gasteiger partial charge on any atom is 0.243 e. The molecule has 1 atom stereocenters. The summed E-state index contributed by atoms with van der Waals surface area (Å²) in [6.45, 7) is 6.87. The quantitative estimate of drug-likeness (QED) is 0.283. The molecule has 1 N–H and O–H groups in total. The number of hydrogen-bond acceptors (Lipinski definition) is 2. The molecule has 0 aromatic heterocycles. The van der Waals surface area contributed by atoms with E-state index in [1.54, 1.807) is 17.0 Å². The fraction of sp³-hybridized carbons (Fsp3) is 0.333. The van der Waals surface area contributed by atoms with Gasteiger partial charge in [0, 0.05) is 29.6 Å². The smallest absolute Gasteiger partial charge is 0.243 e. The zero-order chi connectivity index (χ0) is 26.1. The second kappa shape index (κ2) is 13.5. The first-order valence-electron chi connectivity index (χ1n) is 12.4. The predicted molar refractivity (Wildman–Crippen MR) is 148 cm³/mol. The number of rotatable bonds is 11. The minimum absolute atomic E-state index is 0.124. The number of halogens is 2. The van der Waals surface area contributed by atoms with E-state index >= 15 is 0 Å². The first-order chi connectivity index (χ1) is 17.3. The van der Waals surface area contributed by atoms with Gasteiger partial charge in [-0.25, -0.2) is 0 Å². The molecule has 0 bridgehead atoms. The third kappa shape index (κ3) is 7.84. The van der Waals surface area contributed by atoms with Crippen molar-refractivity contribution in [1.29, 1.82) is 0 Å². The number of aryl methyl sites for hydroxylation is 2. The van der Waals surface area contributed by atoms with E-state index < -0.39 is 6.04 Å². The molecule has 0 saturated heterocycles. The third-order valence-corrected chi connectivity index (χ3v) is 6.89. The molecule has 6 heteroatoms. The number of carbonyl (C=O) groups is 2. The number of benzene rings is 3. The topological polar surface area (TPSA) is 49.4 Å². The molecular formula is C30H34Cl2N2O2. The summed E-state index contributed by atoms with van der Waals surface area (Å²) in [6, 6.07) is 20.4. The normalized spacial score (nSPS) is 11.7. The maximum absolute atomic E-state index is 13.9. The summed E-state index contributed by atoms with van der Waals surface area (Å²) >= 11 is 12.6. The molecule has 3 aromatic carbocycles. The number of amides is 2. The Hall–Kier alpha value is -2.82. The molecule has 1 unspecified atom stereocenters. The number of nitrogens with zero attached hydrogens (tertiary/aromatic N) is 1. The van der Waals surface area contributed by atoms with Crippen LogP contribution in [0.1, 0.15) is 47.6 Å². The molecular weight excluding hydrogens is 491 g/mol. The summed E-state index contributed by atoms with van der Waals surface area (Å²) in [6.07, 6.45) is 2.46. The molecule has 2 amide bonds. The Morgan fingerprint density at radius 3 is 2.39 bits per heavy atom. The van der Waals surface area contributed by atoms with Crippen molar-refractivity contribution in [3.05, 3.63) is 105 Å². The Kier molecular flexibility index (Phi) is 10.4. The fourth-order valence-electron chi connectivity index (χ4n) is 4.15. The van der Waals surface area contributed by atoms with Crippen molar-refractivity contribution in [3.8, 4) is 0 Å². The number of unbranched alkanes of at least 4 members (excludes halogenated alkanes) is 1. The molecule has 4 nitrogen and oxygen atoms in total. The summed E-state index contributed by atoms with van der Waals surface area (Å²) in [4.78, 5) is 29.1. The van der Waals surface area contributed by atoms with Crippen molar-refractivity contribution < 1.29 is 9.59 Å². The van der Waals surface area contributed by atoms with Gasteiger partial charge in [-0.15, -0.1) is 0 Å². The zero-order valence-corrected chi connectivity index (χ0v) is 22.7. The Morgan fingerprint density at radius 2 is 1.69 bits per heavy atom. The van der Waals surface area contributed by atoms with Crippen molar-refractivity contribution in [2.24, 2.45) is 0 Å². The summed E-state index contributed by atoms with van der Waals surface area (Å²) < 4.78 is 0. The first kappa shape index (κ1) is 27.8. The summed E-state index contributed by atoms with van der Waals surface area (Å²) in [7, 11) is 0. The van der Waals surface area contributed by atoms with E-state index in [2.05, 4.69) is 12.2 Å². The number of nitrogens with one attached hydrogen (secondary N) is 1. The van der Waals surface area contributed by atoms with Crippen molar-refractivity contribution in [1.82, 2.24) is 10.2 Å². The minimum Gasteiger partial charge on any atom is -0.354 e. The standard InChI is InChI=1S/C30H34Cl2N2O2/c1-4-5-15-33-30(36)28(17-23-9-7-6-8-10-23)34(20-24-13-14-26(31)19-27(24)32)29(35)18-25-16-21(2)11-12-22(25)3/h6-14,16,19,28H,4-5,15,17-18,20H2,1-3H3,(H,33,36). The Bertz CT molecular complexity index is 1180. The highest BCUT2D eigenvalue weighted by molar-refractivity contribution is 6.35. The molecule has 190 valence electrons. The van der Waals surface area contributed by atoms with E-state index in [0.717, 1.165) is 40.7 Å². The third-order valence-electron chi connectivity index (χ3n) is 6.30. The van der Waals surface area contributed by atoms with Crippen LogP contribution in [0, 0.1) is 13.8 Å². The average molecular weight is 526 g/mol. The van der Waals surface area contributed by atoms with Crippen molar-refractivity contribution in [3.63, 3.8) is 0 Å². The van der Waals surface area contributed by atoms with Gasteiger partial charge in [0.05, 0.1) is 6.42 Å². The summed E-state index contributed by atoms with van der Waals surface area (Å²) in [5.41, 5.74) is 4.83. The highest BCUT2D eigenvalue weighted by Gasteiger charge is 2.31. The minimum atomic E-state index is -0.686. The van der Waals surface area contributed by atoms with E-state index in [1.165, 1.54) is 0 Å². The van der Waals surface area contributed by atoms with Crippen LogP contribution < -0.4 is 5.32 Å². The molecule has 0 heterocycles. The molecule has 0 spiro atoms. The molecule has 0 saturated carbocycles. The van der Waals surface area contributed by atoms with Gasteiger partial charge in [-0.1, -0.05) is 96.7 Å². The Balaban J connectivity index is 2.00. The highest BCUT2D eigenvalue weighted by Crippen LogP contribution is 2.25. The Morgan fingerprint density at radius 1 is 0.944 bits per heavy atom. The van der Waals surface area contributed by atoms with Crippen molar-refractivity contribution in [2.45, 2.75) is 59.0 Å². The van der Waals surface area contributed by atoms with Crippen LogP contribution in [0.2, 0.25) is 10.0 Å². The van der Waals surface area contributed by atoms with Crippen LogP contribution in [0.15, 0.2) is 66.7 Å². The summed E-state index contributed by atoms with van der Waals surface area (Å²) in [5, 5.41) is 4.04. The van der Waals surface area contributed by atoms with Gasteiger partial charge in [-0.05, 0) is 54.7 Å². The molecule has 0 fully saturated rings. The van der Waals surface area contributed by atoms with E-state index in [9.17, 15) is 9.59 Å². The van der Waals surface area contributed by atoms with Crippen LogP contribution in [0.3, 0.4) is 0 Å². The molecule has 0 aliphatic rings. The SMILES string of the molecule is CCCCNC(=O)C(Cc1ccccc1)N(Cc1ccc(Cl)cc1Cl)C(=O)Cc1cc(C)ccc1C. The lowest BCUT2D eigenvalue weighted by Crippen LogP contribution is -2.51. The van der Waals surface area contributed by atoms with E-state index in [4.69, 9.17) is 23.2 Å². The summed E-state index contributed by atoms with van der Waals surface area (Å²) in [5.74, 6) is -0.284. The van der Waals surface area contributed by atoms with E-state index in [0.29, 0.717) is 23.0 Å². The van der Waals surface area contributed by atoms with Gasteiger partial charge in [0.1, 0.15) is 6.04 Å². The second-order valence-electron chi connectivity index (χ2n) is 9.21. The molecule has 0 aliphatic heterocycles. The van der Waals surface area contributed by atoms with Crippen LogP contribution in [-0.4, -0.2) is 29.3 Å². The van der Waals surface area contributed by atoms with Gasteiger partial charge in [0.25, 0.3) is 0 Å². The van der Waals surface area contributed by atoms with Crippen LogP contribution in [0.4, 0.5) is 0 Å². The molecule has 0 radical (unpaired) electrons. The van der Waals surface area contributed by atoms with Gasteiger partial charge in [0.2, 0.25) is 11.8 Å². The first-order valence-corrected chi connectivity index (χ1v) is 13.1. The fourth-order valence-corrected chi connectivity index (χ4v) is 4.62. The lowest BCUT2D eigenvalue weighted by atomic mass is 9.99. The van der Waals surface area contributed by atoms with Crippen LogP contribution in [0.25, 0.3) is 0 Å². The van der Waals surface area contributed by atoms with Crippen molar-refractivity contribution in [2.75, 3.05) is 6.54 Å². The average Bonchev–Trinajstić information content (AvgIpc) is 2.85. The van der Waals surface area contributed by atoms with Gasteiger partial charge in [0.15, 0.2) is 0 Å². The maximum atomic E-state index is 13.9. The van der Waals surface area contributed by atoms with Gasteiger partial charge in [-0.3, -0.25) is 9.59 Å². The Labute approximate surface area is 224 Å². The van der Waals surface area contributed by atoms with Gasteiger partial charge < -0.3 is 10.2 Å². The monoisotopic (exact) mass is 524 g/mol. The second-order valence-corrected chi connectivity index (χ2v) is 10.1. The zero-order valence-electron chi connectivity index (χ0n) is 21.2. The number of carbonyl (C=O) groups excluding carboxylic acids is 2. The van der Waals surface area contributed by atoms with Gasteiger partial charge >= 0.3 is 0 Å². The van der Waals surface area contributed by atoms with Crippen molar-refractivity contribution >= 4 is 35.0 Å². The van der Waals surface area contributed by atoms with Gasteiger partial charge in [-0.2, -0.15) is 0 Å². The lowest BCUT2D eigenvalue weighted by Gasteiger charge is -2.32. The van der Waals surface area contributed by atoms with Crippen LogP contribution >= 0.6 is 23.2 Å². The number of hydrogen-bond donors (Lipinski definition) is 1. The van der Waals surface area contributed by atoms with E-state index in [-0.39, 0.29) is 24.8 Å². The van der Waals surface area contributed by atoms with E-state index in [1.807, 2.05) is 68.4 Å².